The normalized spacial score (nSPS) is 11.2. The van der Waals surface area contributed by atoms with Gasteiger partial charge in [-0.05, 0) is 24.6 Å². The Balaban J connectivity index is 1.82. The molecule has 4 N–H and O–H groups in total. The van der Waals surface area contributed by atoms with Gasteiger partial charge in [0, 0.05) is 12.2 Å². The summed E-state index contributed by atoms with van der Waals surface area (Å²) in [5, 5.41) is 4.67. The lowest BCUT2D eigenvalue weighted by Gasteiger charge is -2.14. The molecular formula is C18H19N3O4. The number of ether oxygens (including phenoxy) is 1. The maximum absolute atomic E-state index is 12.0. The summed E-state index contributed by atoms with van der Waals surface area (Å²) in [4.78, 5) is 35.7. The third kappa shape index (κ3) is 5.35. The van der Waals surface area contributed by atoms with E-state index in [0.717, 1.165) is 5.56 Å². The van der Waals surface area contributed by atoms with E-state index in [0.29, 0.717) is 0 Å². The van der Waals surface area contributed by atoms with Crippen LogP contribution in [0.2, 0.25) is 0 Å². The molecule has 0 saturated carbocycles. The average Bonchev–Trinajstić information content (AvgIpc) is 2.61. The van der Waals surface area contributed by atoms with Crippen LogP contribution in [0.4, 0.5) is 10.5 Å². The molecule has 130 valence electrons. The fourth-order valence-electron chi connectivity index (χ4n) is 2.00. The van der Waals surface area contributed by atoms with Crippen LogP contribution in [-0.2, 0) is 16.1 Å². The van der Waals surface area contributed by atoms with E-state index in [1.807, 2.05) is 30.3 Å². The molecule has 1 unspecified atom stereocenters. The van der Waals surface area contributed by atoms with Crippen molar-refractivity contribution < 1.29 is 19.1 Å². The number of nitrogen functional groups attached to an aromatic ring is 1. The van der Waals surface area contributed by atoms with Crippen LogP contribution in [0.5, 0.6) is 0 Å². The fourth-order valence-corrected chi connectivity index (χ4v) is 2.00. The molecule has 25 heavy (non-hydrogen) atoms. The van der Waals surface area contributed by atoms with Crippen LogP contribution in [0.25, 0.3) is 0 Å². The van der Waals surface area contributed by atoms with Crippen LogP contribution in [0.15, 0.2) is 54.6 Å². The Labute approximate surface area is 145 Å². The first kappa shape index (κ1) is 18.0. The third-order valence-corrected chi connectivity index (χ3v) is 3.37. The number of nitrogens with two attached hydrogens (primary N) is 1. The summed E-state index contributed by atoms with van der Waals surface area (Å²) < 4.78 is 5.03. The van der Waals surface area contributed by atoms with Crippen LogP contribution in [0.1, 0.15) is 22.8 Å². The SMILES string of the molecule is CC(OC(=O)c1ccccc1N)C(=O)NC(=O)NCc1ccccc1. The number of benzene rings is 2. The minimum atomic E-state index is -1.14. The van der Waals surface area contributed by atoms with Gasteiger partial charge in [-0.2, -0.15) is 0 Å². The quantitative estimate of drug-likeness (QED) is 0.568. The number of nitrogens with one attached hydrogen (secondary N) is 2. The number of hydrogen-bond donors (Lipinski definition) is 3. The summed E-state index contributed by atoms with van der Waals surface area (Å²) in [6, 6.07) is 14.9. The summed E-state index contributed by atoms with van der Waals surface area (Å²) in [6.07, 6.45) is -1.14. The van der Waals surface area contributed by atoms with E-state index in [4.69, 9.17) is 10.5 Å². The standard InChI is InChI=1S/C18H19N3O4/c1-12(25-17(23)14-9-5-6-10-15(14)19)16(22)21-18(24)20-11-13-7-3-2-4-8-13/h2-10,12H,11,19H2,1H3,(H2,20,21,22,24). The highest BCUT2D eigenvalue weighted by molar-refractivity contribution is 5.99. The number of carbonyl (C=O) groups excluding carboxylic acids is 3. The molecule has 2 rings (SSSR count). The molecule has 0 aliphatic heterocycles. The topological polar surface area (TPSA) is 111 Å². The van der Waals surface area contributed by atoms with Crippen LogP contribution >= 0.6 is 0 Å². The zero-order chi connectivity index (χ0) is 18.2. The molecule has 0 spiro atoms. The molecule has 0 bridgehead atoms. The van der Waals surface area contributed by atoms with Gasteiger partial charge in [0.1, 0.15) is 0 Å². The highest BCUT2D eigenvalue weighted by Crippen LogP contribution is 2.12. The molecule has 2 aromatic rings. The molecule has 2 aromatic carbocycles. The number of rotatable bonds is 5. The fraction of sp³-hybridized carbons (Fsp3) is 0.167. The largest absolute Gasteiger partial charge is 0.449 e. The number of amides is 3. The van der Waals surface area contributed by atoms with Crippen LogP contribution in [0, 0.1) is 0 Å². The maximum atomic E-state index is 12.0. The van der Waals surface area contributed by atoms with E-state index in [9.17, 15) is 14.4 Å². The van der Waals surface area contributed by atoms with Gasteiger partial charge in [0.2, 0.25) is 0 Å². The van der Waals surface area contributed by atoms with Crippen LogP contribution in [0.3, 0.4) is 0 Å². The minimum absolute atomic E-state index is 0.163. The summed E-state index contributed by atoms with van der Waals surface area (Å²) >= 11 is 0. The highest BCUT2D eigenvalue weighted by atomic mass is 16.5. The molecule has 0 radical (unpaired) electrons. The van der Waals surface area contributed by atoms with Crippen molar-refractivity contribution in [1.82, 2.24) is 10.6 Å². The zero-order valence-electron chi connectivity index (χ0n) is 13.7. The van der Waals surface area contributed by atoms with Crippen molar-refractivity contribution in [2.24, 2.45) is 0 Å². The first-order valence-corrected chi connectivity index (χ1v) is 7.65. The predicted molar refractivity (Wildman–Crippen MR) is 92.6 cm³/mol. The molecule has 1 atom stereocenters. The number of anilines is 1. The number of para-hydroxylation sites is 1. The number of hydrogen-bond acceptors (Lipinski definition) is 5. The van der Waals surface area contributed by atoms with Crippen LogP contribution in [-0.4, -0.2) is 24.0 Å². The zero-order valence-corrected chi connectivity index (χ0v) is 13.7. The Kier molecular flexibility index (Phi) is 6.11. The van der Waals surface area contributed by atoms with Gasteiger partial charge < -0.3 is 15.8 Å². The van der Waals surface area contributed by atoms with Crippen molar-refractivity contribution in [3.63, 3.8) is 0 Å². The van der Waals surface area contributed by atoms with Crippen molar-refractivity contribution >= 4 is 23.6 Å². The summed E-state index contributed by atoms with van der Waals surface area (Å²) in [5.41, 5.74) is 6.99. The number of carbonyl (C=O) groups is 3. The number of esters is 1. The van der Waals surface area contributed by atoms with Crippen molar-refractivity contribution in [2.45, 2.75) is 19.6 Å². The Bertz CT molecular complexity index is 762. The summed E-state index contributed by atoms with van der Waals surface area (Å²) in [7, 11) is 0. The van der Waals surface area contributed by atoms with E-state index < -0.39 is 24.0 Å². The number of imide groups is 1. The van der Waals surface area contributed by atoms with Gasteiger partial charge in [0.05, 0.1) is 5.56 Å². The molecule has 0 aromatic heterocycles. The second-order valence-corrected chi connectivity index (χ2v) is 5.29. The van der Waals surface area contributed by atoms with Gasteiger partial charge in [0.15, 0.2) is 6.10 Å². The van der Waals surface area contributed by atoms with Crippen molar-refractivity contribution in [1.29, 1.82) is 0 Å². The van der Waals surface area contributed by atoms with E-state index >= 15 is 0 Å². The lowest BCUT2D eigenvalue weighted by Crippen LogP contribution is -2.44. The lowest BCUT2D eigenvalue weighted by atomic mass is 10.2. The van der Waals surface area contributed by atoms with Crippen molar-refractivity contribution in [2.75, 3.05) is 5.73 Å². The molecule has 3 amide bonds. The summed E-state index contributed by atoms with van der Waals surface area (Å²) in [6.45, 7) is 1.64. The van der Waals surface area contributed by atoms with E-state index in [1.54, 1.807) is 18.2 Å². The minimum Gasteiger partial charge on any atom is -0.449 e. The molecule has 0 saturated heterocycles. The van der Waals surface area contributed by atoms with Gasteiger partial charge in [-0.3, -0.25) is 10.1 Å². The van der Waals surface area contributed by atoms with Gasteiger partial charge >= 0.3 is 12.0 Å². The monoisotopic (exact) mass is 341 g/mol. The van der Waals surface area contributed by atoms with E-state index in [1.165, 1.54) is 13.0 Å². The maximum Gasteiger partial charge on any atom is 0.341 e. The Morgan fingerprint density at radius 2 is 1.68 bits per heavy atom. The molecule has 7 nitrogen and oxygen atoms in total. The average molecular weight is 341 g/mol. The van der Waals surface area contributed by atoms with Gasteiger partial charge in [-0.1, -0.05) is 42.5 Å². The first-order valence-electron chi connectivity index (χ1n) is 7.65. The molecule has 0 fully saturated rings. The highest BCUT2D eigenvalue weighted by Gasteiger charge is 2.21. The second-order valence-electron chi connectivity index (χ2n) is 5.29. The lowest BCUT2D eigenvalue weighted by molar-refractivity contribution is -0.127. The van der Waals surface area contributed by atoms with E-state index in [2.05, 4.69) is 10.6 Å². The van der Waals surface area contributed by atoms with Gasteiger partial charge in [-0.25, -0.2) is 9.59 Å². The second kappa shape index (κ2) is 8.49. The van der Waals surface area contributed by atoms with Crippen molar-refractivity contribution in [3.05, 3.63) is 65.7 Å². The molecule has 0 aliphatic rings. The van der Waals surface area contributed by atoms with Gasteiger partial charge in [-0.15, -0.1) is 0 Å². The molecule has 0 heterocycles. The van der Waals surface area contributed by atoms with Crippen LogP contribution < -0.4 is 16.4 Å². The molecular weight excluding hydrogens is 322 g/mol. The Morgan fingerprint density at radius 1 is 1.04 bits per heavy atom. The van der Waals surface area contributed by atoms with Gasteiger partial charge in [0.25, 0.3) is 5.91 Å². The van der Waals surface area contributed by atoms with E-state index in [-0.39, 0.29) is 17.8 Å². The first-order chi connectivity index (χ1) is 12.0. The summed E-state index contributed by atoms with van der Waals surface area (Å²) in [5.74, 6) is -1.46. The Hall–Kier alpha value is -3.35. The smallest absolute Gasteiger partial charge is 0.341 e. The third-order valence-electron chi connectivity index (χ3n) is 3.37. The Morgan fingerprint density at radius 3 is 2.36 bits per heavy atom. The van der Waals surface area contributed by atoms with Crippen molar-refractivity contribution in [3.8, 4) is 0 Å². The predicted octanol–water partition coefficient (Wildman–Crippen LogP) is 1.84. The molecule has 0 aliphatic carbocycles. The molecule has 7 heteroatoms. The number of urea groups is 1.